The van der Waals surface area contributed by atoms with Gasteiger partial charge in [-0.05, 0) is 42.8 Å². The van der Waals surface area contributed by atoms with Crippen LogP contribution in [0.2, 0.25) is 0 Å². The fraction of sp³-hybridized carbons (Fsp3) is 0.389. The van der Waals surface area contributed by atoms with Crippen molar-refractivity contribution in [1.29, 1.82) is 0 Å². The van der Waals surface area contributed by atoms with Gasteiger partial charge < -0.3 is 9.47 Å². The number of aryl methyl sites for hydroxylation is 1. The van der Waals surface area contributed by atoms with Gasteiger partial charge in [-0.1, -0.05) is 18.2 Å². The number of thiophene rings is 1. The van der Waals surface area contributed by atoms with E-state index in [-0.39, 0.29) is 5.92 Å². The molecule has 1 atom stereocenters. The van der Waals surface area contributed by atoms with E-state index in [1.54, 1.807) is 11.3 Å². The van der Waals surface area contributed by atoms with Crippen molar-refractivity contribution in [2.24, 2.45) is 13.0 Å². The minimum atomic E-state index is 0.144. The maximum absolute atomic E-state index is 12.9. The van der Waals surface area contributed by atoms with Gasteiger partial charge in [0, 0.05) is 29.7 Å². The zero-order chi connectivity index (χ0) is 15.4. The highest BCUT2D eigenvalue weighted by Gasteiger charge is 2.25. The summed E-state index contributed by atoms with van der Waals surface area (Å²) in [6, 6.07) is 8.28. The third-order valence-corrected chi connectivity index (χ3v) is 5.12. The molecule has 2 aromatic heterocycles. The van der Waals surface area contributed by atoms with E-state index in [1.165, 1.54) is 10.6 Å². The Kier molecular flexibility index (Phi) is 4.78. The van der Waals surface area contributed by atoms with Crippen LogP contribution in [0.5, 0.6) is 0 Å². The van der Waals surface area contributed by atoms with Gasteiger partial charge in [-0.25, -0.2) is 0 Å². The molecule has 22 heavy (non-hydrogen) atoms. The molecule has 0 saturated heterocycles. The number of carbonyl (C=O) groups excluding carboxylic acids is 1. The van der Waals surface area contributed by atoms with Crippen molar-refractivity contribution < 1.29 is 4.79 Å². The summed E-state index contributed by atoms with van der Waals surface area (Å²) in [4.78, 5) is 16.2. The highest BCUT2D eigenvalue weighted by molar-refractivity contribution is 7.09. The maximum Gasteiger partial charge on any atom is 0.226 e. The fourth-order valence-electron chi connectivity index (χ4n) is 2.93. The molecule has 1 aliphatic carbocycles. The summed E-state index contributed by atoms with van der Waals surface area (Å²) in [7, 11) is 2.03. The van der Waals surface area contributed by atoms with Crippen molar-refractivity contribution in [3.63, 3.8) is 0 Å². The second-order valence-electron chi connectivity index (χ2n) is 5.87. The predicted molar refractivity (Wildman–Crippen MR) is 90.5 cm³/mol. The number of nitrogens with zero attached hydrogens (tertiary/aromatic N) is 2. The largest absolute Gasteiger partial charge is 0.353 e. The van der Waals surface area contributed by atoms with E-state index in [9.17, 15) is 4.79 Å². The summed E-state index contributed by atoms with van der Waals surface area (Å²) < 4.78 is 2.09. The summed E-state index contributed by atoms with van der Waals surface area (Å²) in [6.45, 7) is 1.39. The molecule has 4 heteroatoms. The molecule has 0 saturated carbocycles. The van der Waals surface area contributed by atoms with E-state index in [0.29, 0.717) is 19.0 Å². The Morgan fingerprint density at radius 2 is 2.23 bits per heavy atom. The molecule has 3 rings (SSSR count). The lowest BCUT2D eigenvalue weighted by Crippen LogP contribution is -2.36. The first-order valence-corrected chi connectivity index (χ1v) is 8.68. The lowest BCUT2D eigenvalue weighted by molar-refractivity contribution is -0.137. The number of hydrogen-bond donors (Lipinski definition) is 0. The number of aromatic nitrogens is 1. The molecule has 0 aliphatic heterocycles. The maximum atomic E-state index is 12.9. The van der Waals surface area contributed by atoms with Crippen LogP contribution in [0.3, 0.4) is 0 Å². The van der Waals surface area contributed by atoms with Gasteiger partial charge in [0.15, 0.2) is 0 Å². The molecule has 0 aromatic carbocycles. The Labute approximate surface area is 135 Å². The molecule has 116 valence electrons. The first kappa shape index (κ1) is 15.1. The van der Waals surface area contributed by atoms with Crippen molar-refractivity contribution in [1.82, 2.24) is 9.47 Å². The van der Waals surface area contributed by atoms with E-state index < -0.39 is 0 Å². The van der Waals surface area contributed by atoms with Crippen molar-refractivity contribution in [3.05, 3.63) is 58.6 Å². The fourth-order valence-corrected chi connectivity index (χ4v) is 3.65. The quantitative estimate of drug-likeness (QED) is 0.767. The van der Waals surface area contributed by atoms with Gasteiger partial charge in [-0.3, -0.25) is 4.79 Å². The van der Waals surface area contributed by atoms with E-state index in [0.717, 1.165) is 19.3 Å². The number of carbonyl (C=O) groups is 1. The van der Waals surface area contributed by atoms with Crippen molar-refractivity contribution in [2.45, 2.75) is 32.4 Å². The molecule has 2 heterocycles. The van der Waals surface area contributed by atoms with E-state index in [1.807, 2.05) is 24.2 Å². The predicted octanol–water partition coefficient (Wildman–Crippen LogP) is 3.97. The van der Waals surface area contributed by atoms with Crippen LogP contribution in [0.1, 0.15) is 29.8 Å². The Morgan fingerprint density at radius 1 is 1.32 bits per heavy atom. The normalized spacial score (nSPS) is 17.6. The highest BCUT2D eigenvalue weighted by Crippen LogP contribution is 2.24. The topological polar surface area (TPSA) is 25.2 Å². The Bertz CT molecular complexity index is 642. The van der Waals surface area contributed by atoms with Gasteiger partial charge in [0.1, 0.15) is 0 Å². The molecule has 0 N–H and O–H groups in total. The van der Waals surface area contributed by atoms with Gasteiger partial charge >= 0.3 is 0 Å². The standard InChI is InChI=1S/C18H22N2OS/c1-19-11-5-9-16(19)13-20(14-17-10-6-12-22-17)18(21)15-7-3-2-4-8-15/h2-3,5-6,9-12,15H,4,7-8,13-14H2,1H3/t15-/m1/s1. The molecule has 0 spiro atoms. The molecule has 0 fully saturated rings. The Morgan fingerprint density at radius 3 is 2.86 bits per heavy atom. The van der Waals surface area contributed by atoms with Crippen molar-refractivity contribution in [2.75, 3.05) is 0 Å². The molecular formula is C18H22N2OS. The van der Waals surface area contributed by atoms with Crippen molar-refractivity contribution in [3.8, 4) is 0 Å². The SMILES string of the molecule is Cn1cccc1CN(Cc1cccs1)C(=O)[C@@H]1CC=CCC1. The smallest absolute Gasteiger partial charge is 0.226 e. The van der Waals surface area contributed by atoms with Gasteiger partial charge in [0.05, 0.1) is 13.1 Å². The van der Waals surface area contributed by atoms with Crippen LogP contribution in [0.4, 0.5) is 0 Å². The minimum absolute atomic E-state index is 0.144. The lowest BCUT2D eigenvalue weighted by atomic mass is 9.93. The molecular weight excluding hydrogens is 292 g/mol. The zero-order valence-electron chi connectivity index (χ0n) is 12.9. The van der Waals surface area contributed by atoms with Crippen LogP contribution in [0.25, 0.3) is 0 Å². The van der Waals surface area contributed by atoms with Gasteiger partial charge in [-0.2, -0.15) is 0 Å². The average Bonchev–Trinajstić information content (AvgIpc) is 3.19. The van der Waals surface area contributed by atoms with Crippen molar-refractivity contribution >= 4 is 17.2 Å². The molecule has 0 radical (unpaired) electrons. The van der Waals surface area contributed by atoms with E-state index >= 15 is 0 Å². The van der Waals surface area contributed by atoms with Crippen LogP contribution in [-0.4, -0.2) is 15.4 Å². The first-order valence-electron chi connectivity index (χ1n) is 7.80. The Balaban J connectivity index is 1.77. The molecule has 0 bridgehead atoms. The number of amides is 1. The molecule has 2 aromatic rings. The van der Waals surface area contributed by atoms with E-state index in [2.05, 4.69) is 40.3 Å². The van der Waals surface area contributed by atoms with Gasteiger partial charge in [0.2, 0.25) is 5.91 Å². The van der Waals surface area contributed by atoms with E-state index in [4.69, 9.17) is 0 Å². The summed E-state index contributed by atoms with van der Waals surface area (Å²) in [5.41, 5.74) is 1.18. The zero-order valence-corrected chi connectivity index (χ0v) is 13.8. The second kappa shape index (κ2) is 6.97. The summed E-state index contributed by atoms with van der Waals surface area (Å²) in [6.07, 6.45) is 9.25. The van der Waals surface area contributed by atoms with Crippen LogP contribution in [0, 0.1) is 5.92 Å². The van der Waals surface area contributed by atoms with Crippen LogP contribution in [-0.2, 0) is 24.9 Å². The first-order chi connectivity index (χ1) is 10.7. The summed E-state index contributed by atoms with van der Waals surface area (Å²) in [5.74, 6) is 0.434. The monoisotopic (exact) mass is 314 g/mol. The Hall–Kier alpha value is -1.81. The van der Waals surface area contributed by atoms with Gasteiger partial charge in [-0.15, -0.1) is 11.3 Å². The van der Waals surface area contributed by atoms with Gasteiger partial charge in [0.25, 0.3) is 0 Å². The molecule has 1 amide bonds. The van der Waals surface area contributed by atoms with Crippen LogP contribution < -0.4 is 0 Å². The van der Waals surface area contributed by atoms with Crippen LogP contribution >= 0.6 is 11.3 Å². The average molecular weight is 314 g/mol. The summed E-state index contributed by atoms with van der Waals surface area (Å²) >= 11 is 1.72. The highest BCUT2D eigenvalue weighted by atomic mass is 32.1. The van der Waals surface area contributed by atoms with Crippen LogP contribution in [0.15, 0.2) is 48.0 Å². The lowest BCUT2D eigenvalue weighted by Gasteiger charge is -2.28. The molecule has 3 nitrogen and oxygen atoms in total. The third kappa shape index (κ3) is 3.50. The second-order valence-corrected chi connectivity index (χ2v) is 6.90. The summed E-state index contributed by atoms with van der Waals surface area (Å²) in [5, 5.41) is 2.07. The number of allylic oxidation sites excluding steroid dienone is 2. The minimum Gasteiger partial charge on any atom is -0.353 e. The molecule has 1 aliphatic rings. The number of hydrogen-bond acceptors (Lipinski definition) is 2. The number of rotatable bonds is 5. The molecule has 0 unspecified atom stereocenters. The third-order valence-electron chi connectivity index (χ3n) is 4.26.